The molecule has 1 aromatic heterocycles. The predicted octanol–water partition coefficient (Wildman–Crippen LogP) is 2.44. The van der Waals surface area contributed by atoms with E-state index in [1.165, 1.54) is 6.07 Å². The van der Waals surface area contributed by atoms with Crippen LogP contribution in [0.3, 0.4) is 0 Å². The third kappa shape index (κ3) is 2.11. The number of nitrogens with zero attached hydrogens (tertiary/aromatic N) is 2. The van der Waals surface area contributed by atoms with Crippen molar-refractivity contribution in [2.24, 2.45) is 0 Å². The first-order valence-corrected chi connectivity index (χ1v) is 4.86. The first-order valence-electron chi connectivity index (χ1n) is 4.07. The monoisotopic (exact) mass is 290 g/mol. The summed E-state index contributed by atoms with van der Waals surface area (Å²) in [6, 6.07) is 1.72. The molecule has 0 atom stereocenters. The third-order valence-corrected chi connectivity index (χ3v) is 2.30. The van der Waals surface area contributed by atoms with E-state index in [0.717, 1.165) is 6.07 Å². The molecule has 0 fully saturated rings. The number of aromatic nitrogens is 2. The average molecular weight is 291 g/mol. The third-order valence-electron chi connectivity index (χ3n) is 1.69. The number of benzene rings is 1. The Morgan fingerprint density at radius 1 is 1.25 bits per heavy atom. The summed E-state index contributed by atoms with van der Waals surface area (Å²) in [7, 11) is 0. The fourth-order valence-electron chi connectivity index (χ4n) is 1.02. The highest BCUT2D eigenvalue weighted by Gasteiger charge is 2.11. The van der Waals surface area contributed by atoms with Gasteiger partial charge in [0.05, 0.1) is 10.2 Å². The zero-order valence-electron chi connectivity index (χ0n) is 7.67. The van der Waals surface area contributed by atoms with Gasteiger partial charge in [0.1, 0.15) is 11.6 Å². The van der Waals surface area contributed by atoms with E-state index in [1.807, 2.05) is 0 Å². The number of hydrogen-bond acceptors (Lipinski definition) is 5. The molecule has 0 aliphatic heterocycles. The lowest BCUT2D eigenvalue weighted by molar-refractivity contribution is 0.574. The Morgan fingerprint density at radius 3 is 2.62 bits per heavy atom. The first kappa shape index (κ1) is 10.8. The normalized spacial score (nSPS) is 10.4. The Morgan fingerprint density at radius 2 is 2.00 bits per heavy atom. The summed E-state index contributed by atoms with van der Waals surface area (Å²) >= 11 is 2.93. The van der Waals surface area contributed by atoms with Gasteiger partial charge in [-0.15, -0.1) is 0 Å². The van der Waals surface area contributed by atoms with Gasteiger partial charge in [0.15, 0.2) is 0 Å². The number of anilines is 3. The Balaban J connectivity index is 2.31. The van der Waals surface area contributed by atoms with Crippen molar-refractivity contribution in [1.82, 2.24) is 10.2 Å². The van der Waals surface area contributed by atoms with Crippen LogP contribution < -0.4 is 11.1 Å². The molecule has 0 aliphatic carbocycles. The Hall–Kier alpha value is -1.70. The Labute approximate surface area is 96.8 Å². The van der Waals surface area contributed by atoms with Gasteiger partial charge in [-0.1, -0.05) is 10.2 Å². The average Bonchev–Trinajstić information content (AvgIpc) is 2.60. The molecule has 2 aromatic rings. The molecule has 0 amide bonds. The molecule has 5 nitrogen and oxygen atoms in total. The maximum Gasteiger partial charge on any atom is 0.321 e. The second kappa shape index (κ2) is 4.05. The smallest absolute Gasteiger partial charge is 0.321 e. The molecular weight excluding hydrogens is 286 g/mol. The lowest BCUT2D eigenvalue weighted by atomic mass is 10.3. The highest BCUT2D eigenvalue weighted by molar-refractivity contribution is 9.10. The van der Waals surface area contributed by atoms with Crippen LogP contribution in [0.1, 0.15) is 0 Å². The minimum atomic E-state index is -0.780. The van der Waals surface area contributed by atoms with Crippen LogP contribution >= 0.6 is 15.9 Å². The molecule has 0 bridgehead atoms. The van der Waals surface area contributed by atoms with Crippen LogP contribution in [-0.2, 0) is 0 Å². The van der Waals surface area contributed by atoms with E-state index < -0.39 is 11.6 Å². The number of nitrogen functional groups attached to an aromatic ring is 1. The van der Waals surface area contributed by atoms with Crippen molar-refractivity contribution >= 4 is 33.6 Å². The van der Waals surface area contributed by atoms with Crippen molar-refractivity contribution in [2.75, 3.05) is 11.1 Å². The minimum Gasteiger partial charge on any atom is -0.389 e. The molecule has 84 valence electrons. The van der Waals surface area contributed by atoms with Crippen LogP contribution in [0.25, 0.3) is 0 Å². The van der Waals surface area contributed by atoms with Gasteiger partial charge in [-0.25, -0.2) is 8.78 Å². The topological polar surface area (TPSA) is 77.0 Å². The maximum absolute atomic E-state index is 13.3. The molecule has 1 heterocycles. The second-order valence-corrected chi connectivity index (χ2v) is 3.67. The zero-order chi connectivity index (χ0) is 11.7. The second-order valence-electron chi connectivity index (χ2n) is 2.82. The molecule has 0 saturated carbocycles. The van der Waals surface area contributed by atoms with E-state index in [0.29, 0.717) is 0 Å². The van der Waals surface area contributed by atoms with Crippen molar-refractivity contribution in [3.8, 4) is 0 Å². The molecule has 1 aromatic carbocycles. The number of rotatable bonds is 2. The molecule has 3 N–H and O–H groups in total. The van der Waals surface area contributed by atoms with Gasteiger partial charge in [-0.2, -0.15) is 0 Å². The van der Waals surface area contributed by atoms with Gasteiger partial charge in [0.2, 0.25) is 0 Å². The zero-order valence-corrected chi connectivity index (χ0v) is 9.25. The summed E-state index contributed by atoms with van der Waals surface area (Å²) in [4.78, 5) is 0. The van der Waals surface area contributed by atoms with Crippen LogP contribution in [0.4, 0.5) is 26.5 Å². The summed E-state index contributed by atoms with van der Waals surface area (Å²) < 4.78 is 31.1. The van der Waals surface area contributed by atoms with Gasteiger partial charge in [0.25, 0.3) is 0 Å². The Kier molecular flexibility index (Phi) is 2.73. The molecule has 0 radical (unpaired) electrons. The molecule has 0 saturated heterocycles. The molecule has 0 unspecified atom stereocenters. The molecular formula is C8H5BrF2N4O. The molecule has 0 aliphatic rings. The van der Waals surface area contributed by atoms with Gasteiger partial charge in [-0.05, 0) is 22.0 Å². The molecule has 0 spiro atoms. The molecule has 8 heteroatoms. The lowest BCUT2D eigenvalue weighted by Crippen LogP contribution is -1.95. The van der Waals surface area contributed by atoms with Crippen LogP contribution in [0, 0.1) is 11.6 Å². The standard InChI is InChI=1S/C8H5BrF2N4O/c9-3-1-6(5(11)2-4(3)10)13-8-15-14-7(12)16-8/h1-2H,(H2,12,14)(H,13,15). The lowest BCUT2D eigenvalue weighted by Gasteiger charge is -2.04. The van der Waals surface area contributed by atoms with Crippen molar-refractivity contribution < 1.29 is 13.2 Å². The fourth-order valence-corrected chi connectivity index (χ4v) is 1.36. The summed E-state index contributed by atoms with van der Waals surface area (Å²) in [6.07, 6.45) is 0. The van der Waals surface area contributed by atoms with Gasteiger partial charge in [-0.3, -0.25) is 0 Å². The SMILES string of the molecule is Nc1nnc(Nc2cc(Br)c(F)cc2F)o1. The quantitative estimate of drug-likeness (QED) is 0.831. The van der Waals surface area contributed by atoms with Crippen molar-refractivity contribution in [3.63, 3.8) is 0 Å². The van der Waals surface area contributed by atoms with Crippen molar-refractivity contribution in [3.05, 3.63) is 28.2 Å². The number of nitrogens with two attached hydrogens (primary N) is 1. The molecule has 16 heavy (non-hydrogen) atoms. The number of nitrogens with one attached hydrogen (secondary N) is 1. The van der Waals surface area contributed by atoms with Gasteiger partial charge >= 0.3 is 12.0 Å². The van der Waals surface area contributed by atoms with Crippen LogP contribution in [-0.4, -0.2) is 10.2 Å². The highest BCUT2D eigenvalue weighted by atomic mass is 79.9. The number of hydrogen-bond donors (Lipinski definition) is 2. The van der Waals surface area contributed by atoms with E-state index >= 15 is 0 Å². The van der Waals surface area contributed by atoms with E-state index in [4.69, 9.17) is 10.2 Å². The van der Waals surface area contributed by atoms with E-state index in [1.54, 1.807) is 0 Å². The van der Waals surface area contributed by atoms with Gasteiger partial charge in [0, 0.05) is 6.07 Å². The van der Waals surface area contributed by atoms with Crippen LogP contribution in [0.2, 0.25) is 0 Å². The summed E-state index contributed by atoms with van der Waals surface area (Å²) in [5.74, 6) is -1.48. The van der Waals surface area contributed by atoms with E-state index in [-0.39, 0.29) is 22.2 Å². The fraction of sp³-hybridized carbons (Fsp3) is 0. The number of halogens is 3. The largest absolute Gasteiger partial charge is 0.389 e. The van der Waals surface area contributed by atoms with E-state index in [2.05, 4.69) is 31.4 Å². The van der Waals surface area contributed by atoms with E-state index in [9.17, 15) is 8.78 Å². The minimum absolute atomic E-state index is 0.00285. The Bertz CT molecular complexity index is 531. The summed E-state index contributed by atoms with van der Waals surface area (Å²) in [5.41, 5.74) is 5.18. The summed E-state index contributed by atoms with van der Waals surface area (Å²) in [5, 5.41) is 9.32. The van der Waals surface area contributed by atoms with Crippen LogP contribution in [0.5, 0.6) is 0 Å². The molecule has 2 rings (SSSR count). The van der Waals surface area contributed by atoms with Gasteiger partial charge < -0.3 is 15.5 Å². The summed E-state index contributed by atoms with van der Waals surface area (Å²) in [6.45, 7) is 0. The first-order chi connectivity index (χ1) is 7.56. The highest BCUT2D eigenvalue weighted by Crippen LogP contribution is 2.26. The maximum atomic E-state index is 13.3. The van der Waals surface area contributed by atoms with Crippen molar-refractivity contribution in [1.29, 1.82) is 0 Å². The van der Waals surface area contributed by atoms with Crippen molar-refractivity contribution in [2.45, 2.75) is 0 Å². The predicted molar refractivity (Wildman–Crippen MR) is 56.1 cm³/mol. The van der Waals surface area contributed by atoms with Crippen LogP contribution in [0.15, 0.2) is 21.0 Å².